The third-order valence-corrected chi connectivity index (χ3v) is 9.45. The number of carbonyl (C=O) groups excluding carboxylic acids is 3. The molecule has 2 aliphatic rings. The zero-order valence-electron chi connectivity index (χ0n) is 27.5. The van der Waals surface area contributed by atoms with Crippen LogP contribution in [0.25, 0.3) is 10.2 Å². The smallest absolute Gasteiger partial charge is 0.305 e. The molecule has 1 aromatic heterocycles. The minimum absolute atomic E-state index is 0. The highest BCUT2D eigenvalue weighted by Gasteiger charge is 2.61. The van der Waals surface area contributed by atoms with Crippen LogP contribution in [0.2, 0.25) is 0 Å². The lowest BCUT2D eigenvalue weighted by molar-refractivity contribution is -0.140. The van der Waals surface area contributed by atoms with Crippen molar-refractivity contribution in [1.82, 2.24) is 20.7 Å². The van der Waals surface area contributed by atoms with Gasteiger partial charge < -0.3 is 25.4 Å². The maximum atomic E-state index is 13.5. The SMILES string of the molecule is CCCCC/C=C\[C@@H]1C[C@]1(NC(=O)[C@@H]1CCCN1C(=O)CNc1cccc(F)c1)C(=O)NOc1ccccc1.O=c1[nH]c2ccccc2s1.[HH].[HH].[HH]. The molecule has 2 heterocycles. The molecule has 6 rings (SSSR count). The van der Waals surface area contributed by atoms with E-state index in [0.717, 1.165) is 35.9 Å². The molecule has 0 bridgehead atoms. The van der Waals surface area contributed by atoms with Gasteiger partial charge in [-0.1, -0.05) is 79.7 Å². The lowest BCUT2D eigenvalue weighted by atomic mass is 10.1. The molecule has 1 aliphatic carbocycles. The van der Waals surface area contributed by atoms with Crippen molar-refractivity contribution in [3.8, 4) is 5.75 Å². The number of benzene rings is 3. The van der Waals surface area contributed by atoms with Gasteiger partial charge in [0.05, 0.1) is 16.8 Å². The van der Waals surface area contributed by atoms with Gasteiger partial charge in [-0.15, -0.1) is 0 Å². The number of allylic oxidation sites excluding steroid dienone is 1. The Bertz CT molecular complexity index is 1790. The first-order valence-corrected chi connectivity index (χ1v) is 17.5. The number of thiazole rings is 1. The fourth-order valence-electron chi connectivity index (χ4n) is 5.85. The van der Waals surface area contributed by atoms with E-state index < -0.39 is 23.3 Å². The molecule has 4 aromatic rings. The summed E-state index contributed by atoms with van der Waals surface area (Å²) in [6.07, 6.45) is 9.97. The number of hydrogen-bond donors (Lipinski definition) is 4. The lowest BCUT2D eigenvalue weighted by Crippen LogP contribution is -2.56. The van der Waals surface area contributed by atoms with Crippen LogP contribution in [0, 0.1) is 11.7 Å². The van der Waals surface area contributed by atoms with Crippen LogP contribution in [0.5, 0.6) is 5.75 Å². The average molecular weight is 694 g/mol. The Hall–Kier alpha value is -4.97. The first-order valence-electron chi connectivity index (χ1n) is 16.7. The molecule has 1 aliphatic heterocycles. The van der Waals surface area contributed by atoms with Crippen molar-refractivity contribution in [3.63, 3.8) is 0 Å². The van der Waals surface area contributed by atoms with Crippen LogP contribution >= 0.6 is 11.3 Å². The number of nitrogens with one attached hydrogen (secondary N) is 4. The Morgan fingerprint density at radius 2 is 1.88 bits per heavy atom. The molecule has 1 saturated carbocycles. The number of fused-ring (bicyclic) bond motifs is 1. The fraction of sp³-hybridized carbons (Fsp3) is 0.351. The van der Waals surface area contributed by atoms with Gasteiger partial charge in [0.2, 0.25) is 11.8 Å². The summed E-state index contributed by atoms with van der Waals surface area (Å²) in [5.74, 6) is -1.12. The number of para-hydroxylation sites is 2. The van der Waals surface area contributed by atoms with Crippen molar-refractivity contribution in [2.24, 2.45) is 5.92 Å². The average Bonchev–Trinajstić information content (AvgIpc) is 3.40. The van der Waals surface area contributed by atoms with Crippen LogP contribution < -0.4 is 25.8 Å². The molecular formula is C37H48FN5O5S. The van der Waals surface area contributed by atoms with E-state index in [1.165, 1.54) is 28.4 Å². The molecule has 10 nitrogen and oxygen atoms in total. The van der Waals surface area contributed by atoms with Gasteiger partial charge in [-0.2, -0.15) is 5.48 Å². The minimum atomic E-state index is -1.13. The Kier molecular flexibility index (Phi) is 12.2. The fourth-order valence-corrected chi connectivity index (χ4v) is 6.59. The largest absolute Gasteiger partial charge is 0.379 e. The highest BCUT2D eigenvalue weighted by molar-refractivity contribution is 7.16. The number of carbonyl (C=O) groups is 3. The summed E-state index contributed by atoms with van der Waals surface area (Å²) in [5, 5.41) is 5.89. The third-order valence-electron chi connectivity index (χ3n) is 8.58. The molecule has 264 valence electrons. The van der Waals surface area contributed by atoms with Crippen molar-refractivity contribution >= 4 is 45.0 Å². The Morgan fingerprint density at radius 1 is 1.08 bits per heavy atom. The third kappa shape index (κ3) is 9.56. The predicted octanol–water partition coefficient (Wildman–Crippen LogP) is 6.68. The van der Waals surface area contributed by atoms with Crippen LogP contribution in [-0.4, -0.2) is 52.3 Å². The molecule has 12 heteroatoms. The standard InChI is InChI=1S/C30H37FN4O4.C7H5NOS.3H2/c1-2-3-4-5-7-12-22-20-30(22,29(38)34-39-25-15-8-6-9-16-25)33-28(37)26-17-11-18-35(26)27(36)21-32-24-14-10-13-23(31)19-24;9-7-8-5-3-1-2-4-6(5)10-7;;;/h6-10,12-16,19,22,26,32H,2-5,11,17-18,20-21H2,1H3,(H,33,37)(H,34,38);1-4H,(H,8,9);3*1H/b12-7-;;;;/t22-,26+,30-;;;;/m1..../s1. The quantitative estimate of drug-likeness (QED) is 0.0702. The molecule has 2 fully saturated rings. The van der Waals surface area contributed by atoms with Gasteiger partial charge in [0, 0.05) is 22.4 Å². The summed E-state index contributed by atoms with van der Waals surface area (Å²) in [5.41, 5.74) is 2.79. The Balaban J connectivity index is 0.000000617. The van der Waals surface area contributed by atoms with Gasteiger partial charge in [-0.3, -0.25) is 19.2 Å². The van der Waals surface area contributed by atoms with Crippen LogP contribution in [0.15, 0.2) is 95.8 Å². The normalized spacial score (nSPS) is 19.6. The van der Waals surface area contributed by atoms with Crippen molar-refractivity contribution in [2.45, 2.75) is 63.5 Å². The van der Waals surface area contributed by atoms with Gasteiger partial charge in [-0.05, 0) is 74.6 Å². The van der Waals surface area contributed by atoms with E-state index in [0.29, 0.717) is 37.2 Å². The van der Waals surface area contributed by atoms with Gasteiger partial charge in [0.15, 0.2) is 5.75 Å². The molecule has 4 N–H and O–H groups in total. The van der Waals surface area contributed by atoms with Gasteiger partial charge >= 0.3 is 4.87 Å². The van der Waals surface area contributed by atoms with E-state index in [1.807, 2.05) is 36.4 Å². The van der Waals surface area contributed by atoms with Crippen molar-refractivity contribution < 1.29 is 27.9 Å². The first-order chi connectivity index (χ1) is 23.8. The number of amides is 3. The molecule has 0 unspecified atom stereocenters. The summed E-state index contributed by atoms with van der Waals surface area (Å²) in [4.78, 5) is 60.2. The number of H-pyrrole nitrogens is 1. The van der Waals surface area contributed by atoms with E-state index >= 15 is 0 Å². The van der Waals surface area contributed by atoms with E-state index in [9.17, 15) is 23.6 Å². The zero-order valence-corrected chi connectivity index (χ0v) is 28.3. The second kappa shape index (κ2) is 16.9. The number of hydroxylamine groups is 1. The van der Waals surface area contributed by atoms with Crippen molar-refractivity contribution in [1.29, 1.82) is 0 Å². The highest BCUT2D eigenvalue weighted by Crippen LogP contribution is 2.45. The van der Waals surface area contributed by atoms with Crippen molar-refractivity contribution in [2.75, 3.05) is 18.4 Å². The number of aromatic nitrogens is 1. The molecule has 3 atom stereocenters. The number of nitrogens with zero attached hydrogens (tertiary/aromatic N) is 1. The van der Waals surface area contributed by atoms with Gasteiger partial charge in [0.25, 0.3) is 5.91 Å². The molecule has 3 aromatic carbocycles. The van der Waals surface area contributed by atoms with Gasteiger partial charge in [-0.25, -0.2) is 4.39 Å². The van der Waals surface area contributed by atoms with Gasteiger partial charge in [0.1, 0.15) is 17.4 Å². The van der Waals surface area contributed by atoms with Crippen LogP contribution in [-0.2, 0) is 14.4 Å². The Morgan fingerprint density at radius 3 is 2.65 bits per heavy atom. The number of rotatable bonds is 13. The molecule has 3 amide bonds. The van der Waals surface area contributed by atoms with Crippen LogP contribution in [0.3, 0.4) is 0 Å². The first kappa shape index (κ1) is 35.3. The number of aromatic amines is 1. The van der Waals surface area contributed by atoms with E-state index in [4.69, 9.17) is 4.84 Å². The highest BCUT2D eigenvalue weighted by atomic mass is 32.1. The number of anilines is 1. The monoisotopic (exact) mass is 693 g/mol. The van der Waals surface area contributed by atoms with E-state index in [2.05, 4.69) is 34.1 Å². The summed E-state index contributed by atoms with van der Waals surface area (Å²) in [6, 6.07) is 21.7. The number of likely N-dealkylation sites (tertiary alicyclic amines) is 1. The summed E-state index contributed by atoms with van der Waals surface area (Å²) in [6.45, 7) is 2.53. The van der Waals surface area contributed by atoms with E-state index in [1.54, 1.807) is 36.4 Å². The number of unbranched alkanes of at least 4 members (excludes halogenated alkanes) is 3. The topological polar surface area (TPSA) is 133 Å². The Labute approximate surface area is 293 Å². The molecular weight excluding hydrogens is 646 g/mol. The summed E-state index contributed by atoms with van der Waals surface area (Å²) >= 11 is 1.24. The summed E-state index contributed by atoms with van der Waals surface area (Å²) in [7, 11) is 0. The molecule has 0 spiro atoms. The number of halogens is 1. The second-order valence-corrected chi connectivity index (χ2v) is 13.2. The minimum Gasteiger partial charge on any atom is -0.379 e. The maximum absolute atomic E-state index is 13.5. The van der Waals surface area contributed by atoms with Crippen LogP contribution in [0.4, 0.5) is 10.1 Å². The van der Waals surface area contributed by atoms with E-state index in [-0.39, 0.29) is 33.4 Å². The molecule has 0 radical (unpaired) electrons. The summed E-state index contributed by atoms with van der Waals surface area (Å²) < 4.78 is 14.5. The second-order valence-electron chi connectivity index (χ2n) is 12.2. The molecule has 1 saturated heterocycles. The predicted molar refractivity (Wildman–Crippen MR) is 196 cm³/mol. The maximum Gasteiger partial charge on any atom is 0.305 e. The molecule has 49 heavy (non-hydrogen) atoms. The number of hydrogen-bond acceptors (Lipinski definition) is 7. The lowest BCUT2D eigenvalue weighted by Gasteiger charge is -2.27. The van der Waals surface area contributed by atoms with Crippen LogP contribution in [0.1, 0.15) is 56.1 Å². The zero-order chi connectivity index (χ0) is 34.6. The van der Waals surface area contributed by atoms with Crippen molar-refractivity contribution in [3.05, 3.63) is 106 Å².